The second kappa shape index (κ2) is 4.40. The number of aromatic nitrogens is 2. The van der Waals surface area contributed by atoms with Crippen molar-refractivity contribution in [1.82, 2.24) is 9.78 Å². The molecule has 0 spiro atoms. The highest BCUT2D eigenvalue weighted by Gasteiger charge is 2.10. The summed E-state index contributed by atoms with van der Waals surface area (Å²) in [5, 5.41) is 12.6. The first kappa shape index (κ1) is 10.8. The Hall–Kier alpha value is -1.75. The van der Waals surface area contributed by atoms with Gasteiger partial charge in [-0.2, -0.15) is 5.10 Å². The zero-order valence-electron chi connectivity index (χ0n) is 8.40. The zero-order chi connectivity index (χ0) is 11.5. The number of hydrogen-bond donors (Lipinski definition) is 1. The van der Waals surface area contributed by atoms with E-state index in [0.29, 0.717) is 12.1 Å². The van der Waals surface area contributed by atoms with Crippen LogP contribution in [0, 0.1) is 11.6 Å². The molecule has 0 radical (unpaired) electrons. The van der Waals surface area contributed by atoms with Gasteiger partial charge in [-0.3, -0.25) is 4.68 Å². The number of halogens is 2. The van der Waals surface area contributed by atoms with Gasteiger partial charge < -0.3 is 5.11 Å². The Labute approximate surface area is 91.0 Å². The first-order valence-electron chi connectivity index (χ1n) is 4.80. The Balaban J connectivity index is 2.39. The van der Waals surface area contributed by atoms with Crippen molar-refractivity contribution in [1.29, 1.82) is 0 Å². The minimum absolute atomic E-state index is 0.0489. The van der Waals surface area contributed by atoms with Gasteiger partial charge in [-0.1, -0.05) is 12.1 Å². The third kappa shape index (κ3) is 1.94. The van der Waals surface area contributed by atoms with Gasteiger partial charge in [-0.05, 0) is 6.07 Å². The van der Waals surface area contributed by atoms with Crippen molar-refractivity contribution in [2.24, 2.45) is 0 Å². The summed E-state index contributed by atoms with van der Waals surface area (Å²) in [5.41, 5.74) is 0.662. The van der Waals surface area contributed by atoms with Gasteiger partial charge in [0.15, 0.2) is 11.6 Å². The maximum atomic E-state index is 13.4. The molecular formula is C11H10F2N2O. The quantitative estimate of drug-likeness (QED) is 0.863. The van der Waals surface area contributed by atoms with Crippen molar-refractivity contribution in [3.05, 3.63) is 42.2 Å². The van der Waals surface area contributed by atoms with E-state index in [1.165, 1.54) is 23.0 Å². The standard InChI is InChI=1S/C11H10F2N2O/c12-10-3-1-2-9(11(10)13)8-6-14-15(7-8)4-5-16/h1-3,6-7,16H,4-5H2. The Morgan fingerprint density at radius 2 is 2.12 bits per heavy atom. The van der Waals surface area contributed by atoms with Crippen molar-refractivity contribution in [3.8, 4) is 11.1 Å². The van der Waals surface area contributed by atoms with E-state index in [2.05, 4.69) is 5.10 Å². The fourth-order valence-electron chi connectivity index (χ4n) is 1.45. The molecule has 0 saturated heterocycles. The van der Waals surface area contributed by atoms with Crippen LogP contribution in [0.4, 0.5) is 8.78 Å². The first-order valence-corrected chi connectivity index (χ1v) is 4.80. The first-order chi connectivity index (χ1) is 7.72. The highest BCUT2D eigenvalue weighted by Crippen LogP contribution is 2.23. The van der Waals surface area contributed by atoms with Gasteiger partial charge in [0.25, 0.3) is 0 Å². The van der Waals surface area contributed by atoms with Gasteiger partial charge in [-0.15, -0.1) is 0 Å². The lowest BCUT2D eigenvalue weighted by Gasteiger charge is -2.00. The third-order valence-corrected chi connectivity index (χ3v) is 2.22. The molecule has 1 aromatic heterocycles. The number of rotatable bonds is 3. The third-order valence-electron chi connectivity index (χ3n) is 2.22. The molecule has 0 saturated carbocycles. The van der Waals surface area contributed by atoms with Crippen molar-refractivity contribution in [3.63, 3.8) is 0 Å². The predicted octanol–water partition coefficient (Wildman–Crippen LogP) is 1.82. The summed E-state index contributed by atoms with van der Waals surface area (Å²) < 4.78 is 27.9. The normalized spacial score (nSPS) is 10.7. The van der Waals surface area contributed by atoms with E-state index in [1.54, 1.807) is 6.20 Å². The average molecular weight is 224 g/mol. The molecular weight excluding hydrogens is 214 g/mol. The second-order valence-corrected chi connectivity index (χ2v) is 3.32. The molecule has 0 amide bonds. The van der Waals surface area contributed by atoms with Crippen LogP contribution in [-0.2, 0) is 6.54 Å². The molecule has 2 aromatic rings. The average Bonchev–Trinajstić information content (AvgIpc) is 2.71. The molecule has 0 aliphatic rings. The van der Waals surface area contributed by atoms with E-state index >= 15 is 0 Å². The van der Waals surface area contributed by atoms with Gasteiger partial charge >= 0.3 is 0 Å². The number of hydrogen-bond acceptors (Lipinski definition) is 2. The van der Waals surface area contributed by atoms with Crippen molar-refractivity contribution < 1.29 is 13.9 Å². The highest BCUT2D eigenvalue weighted by molar-refractivity contribution is 5.62. The molecule has 84 valence electrons. The fraction of sp³-hybridized carbons (Fsp3) is 0.182. The molecule has 2 rings (SSSR count). The highest BCUT2D eigenvalue weighted by atomic mass is 19.2. The van der Waals surface area contributed by atoms with Gasteiger partial charge in [-0.25, -0.2) is 8.78 Å². The lowest BCUT2D eigenvalue weighted by molar-refractivity contribution is 0.269. The molecule has 0 bridgehead atoms. The number of nitrogens with zero attached hydrogens (tertiary/aromatic N) is 2. The van der Waals surface area contributed by atoms with E-state index < -0.39 is 11.6 Å². The summed E-state index contributed by atoms with van der Waals surface area (Å²) in [6, 6.07) is 3.99. The minimum Gasteiger partial charge on any atom is -0.394 e. The molecule has 0 aliphatic carbocycles. The molecule has 16 heavy (non-hydrogen) atoms. The number of aliphatic hydroxyl groups excluding tert-OH is 1. The summed E-state index contributed by atoms with van der Waals surface area (Å²) in [4.78, 5) is 0. The van der Waals surface area contributed by atoms with E-state index in [9.17, 15) is 8.78 Å². The summed E-state index contributed by atoms with van der Waals surface area (Å²) in [6.45, 7) is 0.281. The minimum atomic E-state index is -0.883. The Kier molecular flexibility index (Phi) is 2.96. The SMILES string of the molecule is OCCn1cc(-c2cccc(F)c2F)cn1. The second-order valence-electron chi connectivity index (χ2n) is 3.32. The maximum Gasteiger partial charge on any atom is 0.166 e. The zero-order valence-corrected chi connectivity index (χ0v) is 8.40. The van der Waals surface area contributed by atoms with E-state index in [0.717, 1.165) is 6.07 Å². The van der Waals surface area contributed by atoms with E-state index in [1.807, 2.05) is 0 Å². The summed E-state index contributed by atoms with van der Waals surface area (Å²) in [6.07, 6.45) is 3.00. The van der Waals surface area contributed by atoms with Crippen LogP contribution >= 0.6 is 0 Å². The maximum absolute atomic E-state index is 13.4. The van der Waals surface area contributed by atoms with Crippen molar-refractivity contribution in [2.45, 2.75) is 6.54 Å². The molecule has 1 heterocycles. The smallest absolute Gasteiger partial charge is 0.166 e. The largest absolute Gasteiger partial charge is 0.394 e. The lowest BCUT2D eigenvalue weighted by Crippen LogP contribution is -2.01. The van der Waals surface area contributed by atoms with Crippen LogP contribution in [0.5, 0.6) is 0 Å². The van der Waals surface area contributed by atoms with Gasteiger partial charge in [0, 0.05) is 17.3 Å². The molecule has 0 fully saturated rings. The summed E-state index contributed by atoms with van der Waals surface area (Å²) in [7, 11) is 0. The topological polar surface area (TPSA) is 38.0 Å². The summed E-state index contributed by atoms with van der Waals surface area (Å²) >= 11 is 0. The monoisotopic (exact) mass is 224 g/mol. The molecule has 5 heteroatoms. The molecule has 0 unspecified atom stereocenters. The van der Waals surface area contributed by atoms with Gasteiger partial charge in [0.2, 0.25) is 0 Å². The van der Waals surface area contributed by atoms with Crippen LogP contribution in [0.25, 0.3) is 11.1 Å². The van der Waals surface area contributed by atoms with E-state index in [-0.39, 0.29) is 12.2 Å². The van der Waals surface area contributed by atoms with Gasteiger partial charge in [0.05, 0.1) is 19.3 Å². The van der Waals surface area contributed by atoms with Crippen LogP contribution in [0.2, 0.25) is 0 Å². The van der Waals surface area contributed by atoms with Crippen LogP contribution < -0.4 is 0 Å². The molecule has 1 aromatic carbocycles. The van der Waals surface area contributed by atoms with Crippen LogP contribution in [0.1, 0.15) is 0 Å². The van der Waals surface area contributed by atoms with Crippen molar-refractivity contribution >= 4 is 0 Å². The number of aliphatic hydroxyl groups is 1. The lowest BCUT2D eigenvalue weighted by atomic mass is 10.1. The van der Waals surface area contributed by atoms with E-state index in [4.69, 9.17) is 5.11 Å². The van der Waals surface area contributed by atoms with Crippen molar-refractivity contribution in [2.75, 3.05) is 6.61 Å². The molecule has 3 nitrogen and oxygen atoms in total. The van der Waals surface area contributed by atoms with Crippen LogP contribution in [0.3, 0.4) is 0 Å². The fourth-order valence-corrected chi connectivity index (χ4v) is 1.45. The van der Waals surface area contributed by atoms with Crippen LogP contribution in [0.15, 0.2) is 30.6 Å². The summed E-state index contributed by atoms with van der Waals surface area (Å²) in [5.74, 6) is -1.77. The van der Waals surface area contributed by atoms with Gasteiger partial charge in [0.1, 0.15) is 0 Å². The molecule has 0 aliphatic heterocycles. The van der Waals surface area contributed by atoms with Crippen LogP contribution in [-0.4, -0.2) is 21.5 Å². The number of benzene rings is 1. The Morgan fingerprint density at radius 3 is 2.88 bits per heavy atom. The molecule has 0 atom stereocenters. The Morgan fingerprint density at radius 1 is 1.31 bits per heavy atom. The molecule has 1 N–H and O–H groups in total. The predicted molar refractivity (Wildman–Crippen MR) is 54.7 cm³/mol. The Bertz CT molecular complexity index is 496.